The number of rotatable bonds is 4. The summed E-state index contributed by atoms with van der Waals surface area (Å²) in [6, 6.07) is 7.63. The molecule has 0 radical (unpaired) electrons. The van der Waals surface area contributed by atoms with Gasteiger partial charge in [0.2, 0.25) is 5.91 Å². The molecule has 3 nitrogen and oxygen atoms in total. The average molecular weight is 254 g/mol. The molecule has 0 heterocycles. The minimum absolute atomic E-state index is 0.175. The van der Waals surface area contributed by atoms with Crippen LogP contribution in [-0.2, 0) is 4.79 Å². The Bertz CT molecular complexity index is 407. The zero-order valence-corrected chi connectivity index (χ0v) is 10.8. The minimum Gasteiger partial charge on any atom is -0.393 e. The molecule has 86 valence electrons. The van der Waals surface area contributed by atoms with Gasteiger partial charge in [-0.3, -0.25) is 4.79 Å². The number of nitrogens with one attached hydrogen (secondary N) is 1. The highest BCUT2D eigenvalue weighted by atomic mass is 32.2. The van der Waals surface area contributed by atoms with Gasteiger partial charge in [-0.1, -0.05) is 18.3 Å². The smallest absolute Gasteiger partial charge is 0.234 e. The lowest BCUT2D eigenvalue weighted by molar-refractivity contribution is -0.117. The Labute approximate surface area is 105 Å². The normalized spacial score (nSPS) is 11.9. The van der Waals surface area contributed by atoms with Gasteiger partial charge in [-0.25, -0.2) is 0 Å². The van der Waals surface area contributed by atoms with Crippen LogP contribution < -0.4 is 11.1 Å². The second-order valence-electron chi connectivity index (χ2n) is 3.35. The number of thiocarbonyl (C=S) groups is 1. The van der Waals surface area contributed by atoms with Crippen LogP contribution in [0.15, 0.2) is 29.2 Å². The fraction of sp³-hybridized carbons (Fsp3) is 0.273. The molecule has 0 aliphatic heterocycles. The Hall–Kier alpha value is -1.07. The van der Waals surface area contributed by atoms with Gasteiger partial charge in [0.05, 0.1) is 10.9 Å². The van der Waals surface area contributed by atoms with E-state index < -0.39 is 5.92 Å². The van der Waals surface area contributed by atoms with E-state index in [-0.39, 0.29) is 10.9 Å². The maximum Gasteiger partial charge on any atom is 0.234 e. The van der Waals surface area contributed by atoms with Gasteiger partial charge in [-0.05, 0) is 31.4 Å². The molecule has 0 saturated carbocycles. The van der Waals surface area contributed by atoms with Gasteiger partial charge in [-0.2, -0.15) is 0 Å². The van der Waals surface area contributed by atoms with E-state index >= 15 is 0 Å². The molecule has 1 amide bonds. The first-order chi connectivity index (χ1) is 7.54. The fourth-order valence-electron chi connectivity index (χ4n) is 1.08. The first-order valence-electron chi connectivity index (χ1n) is 4.79. The monoisotopic (exact) mass is 254 g/mol. The number of hydrogen-bond acceptors (Lipinski definition) is 3. The molecule has 1 aromatic carbocycles. The Balaban J connectivity index is 2.73. The number of anilines is 1. The van der Waals surface area contributed by atoms with Crippen molar-refractivity contribution in [2.75, 3.05) is 11.6 Å². The first kappa shape index (κ1) is 13.0. The molecule has 16 heavy (non-hydrogen) atoms. The van der Waals surface area contributed by atoms with E-state index in [0.717, 1.165) is 10.6 Å². The number of nitrogens with two attached hydrogens (primary N) is 1. The molecule has 1 rings (SSSR count). The highest BCUT2D eigenvalue weighted by Gasteiger charge is 2.15. The molecule has 0 aliphatic rings. The molecule has 1 aromatic rings. The molecule has 1 atom stereocenters. The van der Waals surface area contributed by atoms with Crippen molar-refractivity contribution >= 4 is 40.6 Å². The quantitative estimate of drug-likeness (QED) is 0.639. The summed E-state index contributed by atoms with van der Waals surface area (Å²) >= 11 is 6.40. The lowest BCUT2D eigenvalue weighted by Gasteiger charge is -2.11. The van der Waals surface area contributed by atoms with Crippen LogP contribution in [0.3, 0.4) is 0 Å². The summed E-state index contributed by atoms with van der Waals surface area (Å²) in [7, 11) is 0. The van der Waals surface area contributed by atoms with Crippen molar-refractivity contribution in [3.8, 4) is 0 Å². The summed E-state index contributed by atoms with van der Waals surface area (Å²) in [5, 5.41) is 2.78. The van der Waals surface area contributed by atoms with E-state index in [2.05, 4.69) is 5.32 Å². The summed E-state index contributed by atoms with van der Waals surface area (Å²) in [6.07, 6.45) is 1.98. The standard InChI is InChI=1S/C11H14N2OS2/c1-7(10(12)15)11(14)13-8-4-3-5-9(6-8)16-2/h3-7H,1-2H3,(H2,12,15)(H,13,14). The summed E-state index contributed by atoms with van der Waals surface area (Å²) in [6.45, 7) is 1.69. The van der Waals surface area contributed by atoms with Gasteiger partial charge in [0.25, 0.3) is 0 Å². The number of amides is 1. The van der Waals surface area contributed by atoms with Crippen molar-refractivity contribution in [3.05, 3.63) is 24.3 Å². The Morgan fingerprint density at radius 3 is 2.81 bits per heavy atom. The predicted molar refractivity (Wildman–Crippen MR) is 72.8 cm³/mol. The molecular weight excluding hydrogens is 240 g/mol. The minimum atomic E-state index is -0.451. The van der Waals surface area contributed by atoms with Gasteiger partial charge in [-0.15, -0.1) is 11.8 Å². The number of carbonyl (C=O) groups is 1. The summed E-state index contributed by atoms with van der Waals surface area (Å²) < 4.78 is 0. The Kier molecular flexibility index (Phi) is 4.76. The molecule has 1 unspecified atom stereocenters. The molecule has 0 fully saturated rings. The van der Waals surface area contributed by atoms with Crippen LogP contribution in [0.2, 0.25) is 0 Å². The number of carbonyl (C=O) groups excluding carboxylic acids is 1. The second kappa shape index (κ2) is 5.86. The topological polar surface area (TPSA) is 55.1 Å². The van der Waals surface area contributed by atoms with E-state index in [1.54, 1.807) is 18.7 Å². The van der Waals surface area contributed by atoms with Gasteiger partial charge in [0.15, 0.2) is 0 Å². The SMILES string of the molecule is CSc1cccc(NC(=O)C(C)C(N)=S)c1. The highest BCUT2D eigenvalue weighted by molar-refractivity contribution is 7.98. The Morgan fingerprint density at radius 2 is 2.25 bits per heavy atom. The highest BCUT2D eigenvalue weighted by Crippen LogP contribution is 2.19. The zero-order valence-electron chi connectivity index (χ0n) is 9.19. The molecule has 5 heteroatoms. The molecule has 0 bridgehead atoms. The maximum atomic E-state index is 11.7. The van der Waals surface area contributed by atoms with Crippen molar-refractivity contribution in [1.29, 1.82) is 0 Å². The fourth-order valence-corrected chi connectivity index (χ4v) is 1.65. The van der Waals surface area contributed by atoms with Gasteiger partial charge in [0, 0.05) is 10.6 Å². The van der Waals surface area contributed by atoms with E-state index in [1.165, 1.54) is 0 Å². The van der Waals surface area contributed by atoms with Crippen LogP contribution in [0.25, 0.3) is 0 Å². The van der Waals surface area contributed by atoms with Crippen molar-refractivity contribution in [1.82, 2.24) is 0 Å². The van der Waals surface area contributed by atoms with E-state index in [4.69, 9.17) is 18.0 Å². The number of hydrogen-bond donors (Lipinski definition) is 2. The number of thioether (sulfide) groups is 1. The van der Waals surface area contributed by atoms with Gasteiger partial charge >= 0.3 is 0 Å². The summed E-state index contributed by atoms with van der Waals surface area (Å²) in [4.78, 5) is 13.0. The van der Waals surface area contributed by atoms with E-state index in [0.29, 0.717) is 0 Å². The van der Waals surface area contributed by atoms with Gasteiger partial charge in [0.1, 0.15) is 0 Å². The van der Waals surface area contributed by atoms with Crippen LogP contribution in [0.4, 0.5) is 5.69 Å². The molecule has 0 aliphatic carbocycles. The molecule has 3 N–H and O–H groups in total. The van der Waals surface area contributed by atoms with E-state index in [9.17, 15) is 4.79 Å². The largest absolute Gasteiger partial charge is 0.393 e. The summed E-state index contributed by atoms with van der Waals surface area (Å²) in [5.41, 5.74) is 6.18. The third-order valence-corrected chi connectivity index (χ3v) is 3.24. The predicted octanol–water partition coefficient (Wildman–Crippen LogP) is 2.27. The van der Waals surface area contributed by atoms with E-state index in [1.807, 2.05) is 30.5 Å². The van der Waals surface area contributed by atoms with Gasteiger partial charge < -0.3 is 11.1 Å². The second-order valence-corrected chi connectivity index (χ2v) is 4.70. The molecule has 0 spiro atoms. The van der Waals surface area contributed by atoms with Crippen LogP contribution in [0, 0.1) is 5.92 Å². The average Bonchev–Trinajstić information content (AvgIpc) is 2.28. The van der Waals surface area contributed by atoms with Crippen LogP contribution in [0.5, 0.6) is 0 Å². The lowest BCUT2D eigenvalue weighted by atomic mass is 10.1. The maximum absolute atomic E-state index is 11.7. The third kappa shape index (κ3) is 3.50. The van der Waals surface area contributed by atoms with Crippen molar-refractivity contribution in [3.63, 3.8) is 0 Å². The lowest BCUT2D eigenvalue weighted by Crippen LogP contribution is -2.30. The molecule has 0 saturated heterocycles. The van der Waals surface area contributed by atoms with Crippen LogP contribution >= 0.6 is 24.0 Å². The van der Waals surface area contributed by atoms with Crippen molar-refractivity contribution < 1.29 is 4.79 Å². The Morgan fingerprint density at radius 1 is 1.56 bits per heavy atom. The van der Waals surface area contributed by atoms with Crippen molar-refractivity contribution in [2.24, 2.45) is 11.7 Å². The number of benzene rings is 1. The third-order valence-electron chi connectivity index (χ3n) is 2.16. The molecular formula is C11H14N2OS2. The first-order valence-corrected chi connectivity index (χ1v) is 6.42. The summed E-state index contributed by atoms with van der Waals surface area (Å²) in [5.74, 6) is -0.626. The molecule has 0 aromatic heterocycles. The van der Waals surface area contributed by atoms with Crippen LogP contribution in [0.1, 0.15) is 6.92 Å². The van der Waals surface area contributed by atoms with Crippen molar-refractivity contribution in [2.45, 2.75) is 11.8 Å². The van der Waals surface area contributed by atoms with Crippen LogP contribution in [-0.4, -0.2) is 17.2 Å². The zero-order chi connectivity index (χ0) is 12.1.